The topological polar surface area (TPSA) is 63.3 Å². The van der Waals surface area contributed by atoms with Crippen LogP contribution in [0.15, 0.2) is 89.1 Å². The summed E-state index contributed by atoms with van der Waals surface area (Å²) in [5.74, 6) is 0.722. The second kappa shape index (κ2) is 17.1. The predicted molar refractivity (Wildman–Crippen MR) is 201 cm³/mol. The first kappa shape index (κ1) is 34.9. The highest BCUT2D eigenvalue weighted by atomic mass is 32.1. The van der Waals surface area contributed by atoms with Gasteiger partial charge in [0, 0.05) is 55.8 Å². The fourth-order valence-corrected chi connectivity index (χ4v) is 7.17. The molecule has 0 spiro atoms. The molecule has 2 aliphatic rings. The van der Waals surface area contributed by atoms with E-state index in [0.29, 0.717) is 19.1 Å². The van der Waals surface area contributed by atoms with E-state index in [4.69, 9.17) is 14.2 Å². The summed E-state index contributed by atoms with van der Waals surface area (Å²) in [5.41, 5.74) is 8.45. The molecule has 6 rings (SSSR count). The lowest BCUT2D eigenvalue weighted by Crippen LogP contribution is -2.36. The number of fused-ring (bicyclic) bond motifs is 1. The minimum Gasteiger partial charge on any atom is -0.465 e. The molecule has 3 heterocycles. The van der Waals surface area contributed by atoms with Crippen molar-refractivity contribution in [2.24, 2.45) is 0 Å². The van der Waals surface area contributed by atoms with Crippen molar-refractivity contribution < 1.29 is 19.0 Å². The highest BCUT2D eigenvalue weighted by Gasteiger charge is 2.22. The molecule has 7 nitrogen and oxygen atoms in total. The summed E-state index contributed by atoms with van der Waals surface area (Å²) in [5, 5.41) is 7.50. The van der Waals surface area contributed by atoms with Crippen molar-refractivity contribution >= 4 is 34.7 Å². The third-order valence-electron chi connectivity index (χ3n) is 9.39. The molecule has 1 fully saturated rings. The number of thiophene rings is 1. The summed E-state index contributed by atoms with van der Waals surface area (Å²) >= 11 is 1.71. The van der Waals surface area contributed by atoms with Crippen molar-refractivity contribution in [3.63, 3.8) is 0 Å². The number of nitrogens with zero attached hydrogens (tertiary/aromatic N) is 2. The van der Waals surface area contributed by atoms with Crippen LogP contribution >= 0.6 is 11.3 Å². The minimum atomic E-state index is -0.296. The molecule has 1 N–H and O–H groups in total. The normalized spacial score (nSPS) is 15.8. The molecule has 3 aromatic carbocycles. The molecule has 2 aliphatic heterocycles. The van der Waals surface area contributed by atoms with Crippen molar-refractivity contribution in [2.75, 3.05) is 43.6 Å². The first-order chi connectivity index (χ1) is 23.9. The second-order valence-corrected chi connectivity index (χ2v) is 13.9. The first-order valence-electron chi connectivity index (χ1n) is 17.6. The SMILES string of the molecule is CCCCOC(C)Oc1ccc(-c2ccc3c(c2)C=C(C(=O)Nc2ccc(CN(C)C4CCOCC4)cc2)CCN3Cc2ccsc2)cc1. The van der Waals surface area contributed by atoms with Crippen LogP contribution < -0.4 is 15.0 Å². The molecule has 1 unspecified atom stereocenters. The number of carbonyl (C=O) groups excluding carboxylic acids is 1. The Hall–Kier alpha value is -3.95. The molecule has 0 radical (unpaired) electrons. The predicted octanol–water partition coefficient (Wildman–Crippen LogP) is 9.00. The molecular weight excluding hydrogens is 631 g/mol. The van der Waals surface area contributed by atoms with Gasteiger partial charge in [0.1, 0.15) is 5.75 Å². The van der Waals surface area contributed by atoms with Crippen LogP contribution in [0.5, 0.6) is 5.75 Å². The van der Waals surface area contributed by atoms with Gasteiger partial charge >= 0.3 is 0 Å². The van der Waals surface area contributed by atoms with E-state index in [2.05, 4.69) is 94.5 Å². The summed E-state index contributed by atoms with van der Waals surface area (Å²) in [7, 11) is 2.19. The van der Waals surface area contributed by atoms with Crippen molar-refractivity contribution in [1.29, 1.82) is 0 Å². The molecule has 1 atom stereocenters. The molecule has 4 aromatic rings. The third-order valence-corrected chi connectivity index (χ3v) is 10.1. The summed E-state index contributed by atoms with van der Waals surface area (Å²) in [6.45, 7) is 8.89. The van der Waals surface area contributed by atoms with E-state index in [1.165, 1.54) is 11.1 Å². The number of benzene rings is 3. The monoisotopic (exact) mass is 679 g/mol. The number of amides is 1. The van der Waals surface area contributed by atoms with E-state index in [-0.39, 0.29) is 12.2 Å². The Morgan fingerprint density at radius 3 is 2.53 bits per heavy atom. The smallest absolute Gasteiger partial charge is 0.251 e. The van der Waals surface area contributed by atoms with Crippen LogP contribution in [0.25, 0.3) is 17.2 Å². The van der Waals surface area contributed by atoms with Crippen LogP contribution in [0.2, 0.25) is 0 Å². The Morgan fingerprint density at radius 2 is 1.80 bits per heavy atom. The van der Waals surface area contributed by atoms with E-state index >= 15 is 0 Å². The Balaban J connectivity index is 1.17. The Labute approximate surface area is 295 Å². The minimum absolute atomic E-state index is 0.0578. The molecule has 0 bridgehead atoms. The van der Waals surface area contributed by atoms with Gasteiger partial charge < -0.3 is 24.4 Å². The number of anilines is 2. The molecular formula is C41H49N3O4S. The van der Waals surface area contributed by atoms with Crippen molar-refractivity contribution in [1.82, 2.24) is 4.90 Å². The number of rotatable bonds is 14. The molecule has 8 heteroatoms. The number of nitrogens with one attached hydrogen (secondary N) is 1. The number of carbonyl (C=O) groups is 1. The fraction of sp³-hybridized carbons (Fsp3) is 0.390. The van der Waals surface area contributed by atoms with Gasteiger partial charge in [-0.2, -0.15) is 11.3 Å². The summed E-state index contributed by atoms with van der Waals surface area (Å²) in [4.78, 5) is 18.5. The van der Waals surface area contributed by atoms with Crippen LogP contribution in [-0.4, -0.2) is 56.6 Å². The van der Waals surface area contributed by atoms with Crippen molar-refractivity contribution in [2.45, 2.75) is 71.4 Å². The number of hydrogen-bond donors (Lipinski definition) is 1. The molecule has 1 aromatic heterocycles. The van der Waals surface area contributed by atoms with Crippen molar-refractivity contribution in [3.05, 3.63) is 106 Å². The van der Waals surface area contributed by atoms with Gasteiger partial charge in [0.15, 0.2) is 6.29 Å². The number of hydrogen-bond acceptors (Lipinski definition) is 7. The number of ether oxygens (including phenoxy) is 3. The lowest BCUT2D eigenvalue weighted by atomic mass is 10.00. The third kappa shape index (κ3) is 9.61. The quantitative estimate of drug-likeness (QED) is 0.106. The zero-order valence-corrected chi connectivity index (χ0v) is 29.8. The standard InChI is InChI=1S/C41H49N3O4S/c1-4-5-21-47-30(2)48-39-13-8-33(9-14-39)34-10-15-40-36(25-34)26-35(16-20-44(40)28-32-19-24-49-29-32)41(45)42-37-11-6-31(7-12-37)27-43(3)38-17-22-46-23-18-38/h6-15,19,24-26,29-30,38H,4-5,16-18,20-23,27-28H2,1-3H3,(H,42,45). The Morgan fingerprint density at radius 1 is 1.02 bits per heavy atom. The fourth-order valence-electron chi connectivity index (χ4n) is 6.51. The molecule has 0 saturated carbocycles. The Kier molecular flexibility index (Phi) is 12.2. The van der Waals surface area contributed by atoms with E-state index in [0.717, 1.165) is 97.9 Å². The molecule has 1 saturated heterocycles. The lowest BCUT2D eigenvalue weighted by molar-refractivity contribution is -0.112. The lowest BCUT2D eigenvalue weighted by Gasteiger charge is -2.31. The largest absolute Gasteiger partial charge is 0.465 e. The molecule has 1 amide bonds. The van der Waals surface area contributed by atoms with E-state index in [1.807, 2.05) is 31.2 Å². The second-order valence-electron chi connectivity index (χ2n) is 13.1. The first-order valence-corrected chi connectivity index (χ1v) is 18.6. The zero-order valence-electron chi connectivity index (χ0n) is 29.0. The number of unbranched alkanes of at least 4 members (excludes halogenated alkanes) is 1. The van der Waals surface area contributed by atoms with Gasteiger partial charge in [0.05, 0.1) is 6.61 Å². The highest BCUT2D eigenvalue weighted by molar-refractivity contribution is 7.07. The van der Waals surface area contributed by atoms with Gasteiger partial charge in [-0.1, -0.05) is 43.7 Å². The van der Waals surface area contributed by atoms with Crippen LogP contribution in [0.3, 0.4) is 0 Å². The maximum Gasteiger partial charge on any atom is 0.251 e. The van der Waals surface area contributed by atoms with Crippen LogP contribution in [0.4, 0.5) is 11.4 Å². The van der Waals surface area contributed by atoms with Gasteiger partial charge in [-0.15, -0.1) is 0 Å². The van der Waals surface area contributed by atoms with Crippen LogP contribution in [0.1, 0.15) is 62.6 Å². The van der Waals surface area contributed by atoms with Gasteiger partial charge in [0.25, 0.3) is 5.91 Å². The highest BCUT2D eigenvalue weighted by Crippen LogP contribution is 2.34. The Bertz CT molecular complexity index is 1660. The van der Waals surface area contributed by atoms with Gasteiger partial charge in [-0.3, -0.25) is 9.69 Å². The average molecular weight is 680 g/mol. The summed E-state index contributed by atoms with van der Waals surface area (Å²) in [6.07, 6.45) is 6.70. The molecule has 258 valence electrons. The van der Waals surface area contributed by atoms with Crippen LogP contribution in [-0.2, 0) is 27.4 Å². The maximum atomic E-state index is 13.7. The molecule has 0 aliphatic carbocycles. The van der Waals surface area contributed by atoms with Crippen LogP contribution in [0, 0.1) is 0 Å². The van der Waals surface area contributed by atoms with Gasteiger partial charge in [-0.05, 0) is 127 Å². The maximum absolute atomic E-state index is 13.7. The van der Waals surface area contributed by atoms with E-state index in [9.17, 15) is 4.79 Å². The summed E-state index contributed by atoms with van der Waals surface area (Å²) in [6, 6.07) is 25.7. The van der Waals surface area contributed by atoms with E-state index in [1.54, 1.807) is 11.3 Å². The average Bonchev–Trinajstić information content (AvgIpc) is 3.57. The van der Waals surface area contributed by atoms with Gasteiger partial charge in [0.2, 0.25) is 0 Å². The van der Waals surface area contributed by atoms with Gasteiger partial charge in [-0.25, -0.2) is 0 Å². The zero-order chi connectivity index (χ0) is 34.0. The summed E-state index contributed by atoms with van der Waals surface area (Å²) < 4.78 is 17.3. The van der Waals surface area contributed by atoms with E-state index < -0.39 is 0 Å². The molecule has 49 heavy (non-hydrogen) atoms. The van der Waals surface area contributed by atoms with Crippen molar-refractivity contribution in [3.8, 4) is 16.9 Å².